The van der Waals surface area contributed by atoms with Gasteiger partial charge in [-0.3, -0.25) is 0 Å². The summed E-state index contributed by atoms with van der Waals surface area (Å²) in [5, 5.41) is 3.65. The number of hydrogen-bond donors (Lipinski definition) is 1. The zero-order valence-electron chi connectivity index (χ0n) is 10.0. The molecule has 0 aromatic heterocycles. The molecule has 1 saturated heterocycles. The van der Waals surface area contributed by atoms with Crippen LogP contribution in [0.25, 0.3) is 0 Å². The van der Waals surface area contributed by atoms with Crippen molar-refractivity contribution in [1.82, 2.24) is 5.32 Å². The van der Waals surface area contributed by atoms with Crippen molar-refractivity contribution in [1.29, 1.82) is 0 Å². The summed E-state index contributed by atoms with van der Waals surface area (Å²) >= 11 is 0. The standard InChI is InChI=1S/C14H21N/c1-10-6-4-8-13(12(10)3)14-11(2)7-5-9-15-14/h4,6,8,11,14-15H,5,7,9H2,1-3H3. The van der Waals surface area contributed by atoms with Crippen molar-refractivity contribution in [2.24, 2.45) is 5.92 Å². The lowest BCUT2D eigenvalue weighted by atomic mass is 9.85. The Balaban J connectivity index is 2.31. The molecule has 0 amide bonds. The third-order valence-electron chi connectivity index (χ3n) is 3.75. The summed E-state index contributed by atoms with van der Waals surface area (Å²) in [6.07, 6.45) is 2.67. The van der Waals surface area contributed by atoms with Crippen LogP contribution >= 0.6 is 0 Å². The summed E-state index contributed by atoms with van der Waals surface area (Å²) in [4.78, 5) is 0. The molecule has 0 aliphatic carbocycles. The van der Waals surface area contributed by atoms with Crippen LogP contribution in [-0.4, -0.2) is 6.54 Å². The van der Waals surface area contributed by atoms with E-state index in [9.17, 15) is 0 Å². The number of nitrogens with one attached hydrogen (secondary N) is 1. The average Bonchev–Trinajstić information content (AvgIpc) is 2.23. The third kappa shape index (κ3) is 2.07. The Hall–Kier alpha value is -0.820. The molecule has 1 heterocycles. The van der Waals surface area contributed by atoms with Gasteiger partial charge in [-0.15, -0.1) is 0 Å². The van der Waals surface area contributed by atoms with E-state index in [1.54, 1.807) is 0 Å². The highest BCUT2D eigenvalue weighted by Crippen LogP contribution is 2.31. The summed E-state index contributed by atoms with van der Waals surface area (Å²) in [7, 11) is 0. The summed E-state index contributed by atoms with van der Waals surface area (Å²) in [5.74, 6) is 0.763. The van der Waals surface area contributed by atoms with Crippen molar-refractivity contribution < 1.29 is 0 Å². The van der Waals surface area contributed by atoms with Gasteiger partial charge in [-0.1, -0.05) is 25.1 Å². The zero-order valence-corrected chi connectivity index (χ0v) is 10.0. The highest BCUT2D eigenvalue weighted by Gasteiger charge is 2.23. The van der Waals surface area contributed by atoms with Crippen molar-refractivity contribution in [3.63, 3.8) is 0 Å². The first-order valence-electron chi connectivity index (χ1n) is 5.99. The van der Waals surface area contributed by atoms with Gasteiger partial charge in [-0.05, 0) is 55.8 Å². The van der Waals surface area contributed by atoms with Crippen molar-refractivity contribution in [3.8, 4) is 0 Å². The Bertz CT molecular complexity index is 343. The van der Waals surface area contributed by atoms with Crippen LogP contribution in [0.15, 0.2) is 18.2 Å². The Labute approximate surface area is 92.9 Å². The van der Waals surface area contributed by atoms with Gasteiger partial charge in [-0.2, -0.15) is 0 Å². The van der Waals surface area contributed by atoms with Gasteiger partial charge in [0, 0.05) is 6.04 Å². The van der Waals surface area contributed by atoms with Gasteiger partial charge in [0.25, 0.3) is 0 Å². The SMILES string of the molecule is Cc1cccc(C2NCCCC2C)c1C. The molecule has 0 saturated carbocycles. The van der Waals surface area contributed by atoms with E-state index in [1.165, 1.54) is 36.1 Å². The van der Waals surface area contributed by atoms with Gasteiger partial charge in [0.1, 0.15) is 0 Å². The van der Waals surface area contributed by atoms with Crippen LogP contribution in [0.4, 0.5) is 0 Å². The van der Waals surface area contributed by atoms with Gasteiger partial charge in [0.15, 0.2) is 0 Å². The smallest absolute Gasteiger partial charge is 0.0348 e. The van der Waals surface area contributed by atoms with Crippen molar-refractivity contribution >= 4 is 0 Å². The first-order valence-corrected chi connectivity index (χ1v) is 5.99. The van der Waals surface area contributed by atoms with E-state index < -0.39 is 0 Å². The molecule has 82 valence electrons. The largest absolute Gasteiger partial charge is 0.310 e. The lowest BCUT2D eigenvalue weighted by Crippen LogP contribution is -2.33. The van der Waals surface area contributed by atoms with Crippen LogP contribution in [-0.2, 0) is 0 Å². The van der Waals surface area contributed by atoms with Crippen LogP contribution in [0, 0.1) is 19.8 Å². The average molecular weight is 203 g/mol. The number of rotatable bonds is 1. The van der Waals surface area contributed by atoms with Gasteiger partial charge >= 0.3 is 0 Å². The minimum atomic E-state index is 0.568. The van der Waals surface area contributed by atoms with Gasteiger partial charge in [-0.25, -0.2) is 0 Å². The molecule has 2 unspecified atom stereocenters. The Morgan fingerprint density at radius 2 is 2.07 bits per heavy atom. The summed E-state index contributed by atoms with van der Waals surface area (Å²) < 4.78 is 0. The second kappa shape index (κ2) is 4.36. The fraction of sp³-hybridized carbons (Fsp3) is 0.571. The topological polar surface area (TPSA) is 12.0 Å². The van der Waals surface area contributed by atoms with Gasteiger partial charge in [0.05, 0.1) is 0 Å². The summed E-state index contributed by atoms with van der Waals surface area (Å²) in [6, 6.07) is 7.23. The molecule has 1 fully saturated rings. The maximum Gasteiger partial charge on any atom is 0.0348 e. The van der Waals surface area contributed by atoms with E-state index in [0.29, 0.717) is 6.04 Å². The molecule has 0 bridgehead atoms. The molecule has 1 aliphatic heterocycles. The molecular weight excluding hydrogens is 182 g/mol. The molecule has 1 aromatic rings. The van der Waals surface area contributed by atoms with Gasteiger partial charge < -0.3 is 5.32 Å². The number of benzene rings is 1. The predicted molar refractivity (Wildman–Crippen MR) is 65.1 cm³/mol. The van der Waals surface area contributed by atoms with Crippen molar-refractivity contribution in [3.05, 3.63) is 34.9 Å². The van der Waals surface area contributed by atoms with E-state index in [-0.39, 0.29) is 0 Å². The quantitative estimate of drug-likeness (QED) is 0.738. The van der Waals surface area contributed by atoms with E-state index in [0.717, 1.165) is 5.92 Å². The van der Waals surface area contributed by atoms with Crippen molar-refractivity contribution in [2.75, 3.05) is 6.54 Å². The van der Waals surface area contributed by atoms with E-state index in [2.05, 4.69) is 44.3 Å². The monoisotopic (exact) mass is 203 g/mol. The van der Waals surface area contributed by atoms with Crippen molar-refractivity contribution in [2.45, 2.75) is 39.7 Å². The number of piperidine rings is 1. The third-order valence-corrected chi connectivity index (χ3v) is 3.75. The van der Waals surface area contributed by atoms with Crippen LogP contribution in [0.2, 0.25) is 0 Å². The maximum absolute atomic E-state index is 3.65. The molecule has 1 aliphatic rings. The Kier molecular flexibility index (Phi) is 3.11. The molecule has 0 radical (unpaired) electrons. The summed E-state index contributed by atoms with van der Waals surface area (Å²) in [6.45, 7) is 7.97. The lowest BCUT2D eigenvalue weighted by molar-refractivity contribution is 0.305. The molecule has 0 spiro atoms. The Morgan fingerprint density at radius 1 is 1.27 bits per heavy atom. The maximum atomic E-state index is 3.65. The van der Waals surface area contributed by atoms with Crippen LogP contribution < -0.4 is 5.32 Å². The molecular formula is C14H21N. The van der Waals surface area contributed by atoms with E-state index in [1.807, 2.05) is 0 Å². The molecule has 2 atom stereocenters. The second-order valence-corrected chi connectivity index (χ2v) is 4.84. The fourth-order valence-corrected chi connectivity index (χ4v) is 2.58. The van der Waals surface area contributed by atoms with E-state index >= 15 is 0 Å². The predicted octanol–water partition coefficient (Wildman–Crippen LogP) is 3.36. The second-order valence-electron chi connectivity index (χ2n) is 4.84. The minimum absolute atomic E-state index is 0.568. The molecule has 1 nitrogen and oxygen atoms in total. The first-order chi connectivity index (χ1) is 7.20. The lowest BCUT2D eigenvalue weighted by Gasteiger charge is -2.31. The van der Waals surface area contributed by atoms with Crippen LogP contribution in [0.3, 0.4) is 0 Å². The highest BCUT2D eigenvalue weighted by atomic mass is 14.9. The fourth-order valence-electron chi connectivity index (χ4n) is 2.58. The molecule has 1 N–H and O–H groups in total. The first kappa shape index (κ1) is 10.7. The molecule has 15 heavy (non-hydrogen) atoms. The highest BCUT2D eigenvalue weighted by molar-refractivity contribution is 5.35. The van der Waals surface area contributed by atoms with E-state index in [4.69, 9.17) is 0 Å². The van der Waals surface area contributed by atoms with Crippen LogP contribution in [0.5, 0.6) is 0 Å². The van der Waals surface area contributed by atoms with Gasteiger partial charge in [0.2, 0.25) is 0 Å². The number of aryl methyl sites for hydroxylation is 1. The summed E-state index contributed by atoms with van der Waals surface area (Å²) in [5.41, 5.74) is 4.37. The Morgan fingerprint density at radius 3 is 2.80 bits per heavy atom. The van der Waals surface area contributed by atoms with Crippen LogP contribution in [0.1, 0.15) is 42.5 Å². The molecule has 1 heteroatoms. The molecule has 2 rings (SSSR count). The minimum Gasteiger partial charge on any atom is -0.310 e. The zero-order chi connectivity index (χ0) is 10.8. The normalized spacial score (nSPS) is 26.6. The molecule has 1 aromatic carbocycles. The number of hydrogen-bond acceptors (Lipinski definition) is 1.